The lowest BCUT2D eigenvalue weighted by Crippen LogP contribution is -2.31. The van der Waals surface area contributed by atoms with Crippen molar-refractivity contribution in [2.75, 3.05) is 34.5 Å². The van der Waals surface area contributed by atoms with E-state index in [4.69, 9.17) is 14.2 Å². The van der Waals surface area contributed by atoms with E-state index >= 15 is 0 Å². The first-order valence-corrected chi connectivity index (χ1v) is 6.14. The van der Waals surface area contributed by atoms with Gasteiger partial charge in [0.1, 0.15) is 0 Å². The molecule has 0 aromatic heterocycles. The zero-order valence-electron chi connectivity index (χ0n) is 11.7. The number of ether oxygens (including phenoxy) is 3. The van der Waals surface area contributed by atoms with Gasteiger partial charge >= 0.3 is 0 Å². The fourth-order valence-electron chi connectivity index (χ4n) is 1.81. The maximum atomic E-state index is 5.28. The highest BCUT2D eigenvalue weighted by molar-refractivity contribution is 5.42. The number of rotatable bonds is 8. The average molecular weight is 253 g/mol. The second-order valence-electron chi connectivity index (χ2n) is 4.25. The summed E-state index contributed by atoms with van der Waals surface area (Å²) in [5, 5.41) is 3.40. The Kier molecular flexibility index (Phi) is 6.54. The Labute approximate surface area is 109 Å². The van der Waals surface area contributed by atoms with Crippen molar-refractivity contribution in [1.82, 2.24) is 5.32 Å². The van der Waals surface area contributed by atoms with Crippen LogP contribution < -0.4 is 14.8 Å². The molecule has 1 rings (SSSR count). The first-order valence-electron chi connectivity index (χ1n) is 6.14. The lowest BCUT2D eigenvalue weighted by atomic mass is 10.1. The SMILES string of the molecule is COC[C@H](C)NCCc1ccc(OC)c(OC)c1. The highest BCUT2D eigenvalue weighted by Gasteiger charge is 2.05. The van der Waals surface area contributed by atoms with E-state index < -0.39 is 0 Å². The number of nitrogens with one attached hydrogen (secondary N) is 1. The molecule has 1 aromatic carbocycles. The molecule has 0 amide bonds. The minimum Gasteiger partial charge on any atom is -0.493 e. The van der Waals surface area contributed by atoms with E-state index in [1.54, 1.807) is 21.3 Å². The van der Waals surface area contributed by atoms with E-state index in [0.717, 1.165) is 31.1 Å². The molecule has 0 bridgehead atoms. The Balaban J connectivity index is 2.47. The van der Waals surface area contributed by atoms with Gasteiger partial charge in [0.2, 0.25) is 0 Å². The zero-order chi connectivity index (χ0) is 13.4. The van der Waals surface area contributed by atoms with Gasteiger partial charge in [-0.25, -0.2) is 0 Å². The van der Waals surface area contributed by atoms with E-state index in [1.807, 2.05) is 12.1 Å². The van der Waals surface area contributed by atoms with Gasteiger partial charge in [-0.2, -0.15) is 0 Å². The molecule has 0 fully saturated rings. The molecule has 1 aromatic rings. The predicted molar refractivity (Wildman–Crippen MR) is 72.6 cm³/mol. The Morgan fingerprint density at radius 1 is 1.11 bits per heavy atom. The molecule has 0 saturated carbocycles. The van der Waals surface area contributed by atoms with Gasteiger partial charge in [-0.15, -0.1) is 0 Å². The van der Waals surface area contributed by atoms with Gasteiger partial charge in [0.25, 0.3) is 0 Å². The predicted octanol–water partition coefficient (Wildman–Crippen LogP) is 1.87. The highest BCUT2D eigenvalue weighted by atomic mass is 16.5. The largest absolute Gasteiger partial charge is 0.493 e. The summed E-state index contributed by atoms with van der Waals surface area (Å²) in [5.41, 5.74) is 1.23. The Hall–Kier alpha value is -1.26. The van der Waals surface area contributed by atoms with Crippen LogP contribution in [0.1, 0.15) is 12.5 Å². The van der Waals surface area contributed by atoms with Crippen LogP contribution in [0.15, 0.2) is 18.2 Å². The molecule has 1 atom stereocenters. The summed E-state index contributed by atoms with van der Waals surface area (Å²) < 4.78 is 15.6. The number of methoxy groups -OCH3 is 3. The fourth-order valence-corrected chi connectivity index (χ4v) is 1.81. The lowest BCUT2D eigenvalue weighted by Gasteiger charge is -2.13. The first kappa shape index (κ1) is 14.8. The first-order chi connectivity index (χ1) is 8.71. The van der Waals surface area contributed by atoms with Gasteiger partial charge in [0, 0.05) is 13.2 Å². The number of benzene rings is 1. The molecular weight excluding hydrogens is 230 g/mol. The molecule has 4 nitrogen and oxygen atoms in total. The van der Waals surface area contributed by atoms with Crippen LogP contribution in [0.25, 0.3) is 0 Å². The van der Waals surface area contributed by atoms with Crippen molar-refractivity contribution < 1.29 is 14.2 Å². The molecule has 0 radical (unpaired) electrons. The number of hydrogen-bond donors (Lipinski definition) is 1. The molecule has 0 aliphatic rings. The topological polar surface area (TPSA) is 39.7 Å². The third-order valence-electron chi connectivity index (χ3n) is 2.77. The van der Waals surface area contributed by atoms with Crippen LogP contribution in [0.2, 0.25) is 0 Å². The Bertz CT molecular complexity index is 355. The molecule has 0 aliphatic heterocycles. The number of hydrogen-bond acceptors (Lipinski definition) is 4. The average Bonchev–Trinajstić information content (AvgIpc) is 2.38. The van der Waals surface area contributed by atoms with Crippen LogP contribution in [0.4, 0.5) is 0 Å². The van der Waals surface area contributed by atoms with Crippen LogP contribution in [0.5, 0.6) is 11.5 Å². The smallest absolute Gasteiger partial charge is 0.160 e. The van der Waals surface area contributed by atoms with Crippen LogP contribution in [-0.2, 0) is 11.2 Å². The minimum atomic E-state index is 0.371. The van der Waals surface area contributed by atoms with Crippen molar-refractivity contribution in [1.29, 1.82) is 0 Å². The molecule has 1 N–H and O–H groups in total. The van der Waals surface area contributed by atoms with Gasteiger partial charge < -0.3 is 19.5 Å². The van der Waals surface area contributed by atoms with Crippen molar-refractivity contribution >= 4 is 0 Å². The van der Waals surface area contributed by atoms with Gasteiger partial charge in [0.15, 0.2) is 11.5 Å². The Morgan fingerprint density at radius 3 is 2.44 bits per heavy atom. The maximum Gasteiger partial charge on any atom is 0.160 e. The normalized spacial score (nSPS) is 12.2. The van der Waals surface area contributed by atoms with Crippen molar-refractivity contribution in [3.63, 3.8) is 0 Å². The van der Waals surface area contributed by atoms with E-state index in [-0.39, 0.29) is 0 Å². The van der Waals surface area contributed by atoms with Crippen LogP contribution in [-0.4, -0.2) is 40.5 Å². The summed E-state index contributed by atoms with van der Waals surface area (Å²) in [6.07, 6.45) is 0.953. The summed E-state index contributed by atoms with van der Waals surface area (Å²) >= 11 is 0. The zero-order valence-corrected chi connectivity index (χ0v) is 11.7. The molecule has 0 saturated heterocycles. The maximum absolute atomic E-state index is 5.28. The van der Waals surface area contributed by atoms with Crippen molar-refractivity contribution in [2.45, 2.75) is 19.4 Å². The summed E-state index contributed by atoms with van der Waals surface area (Å²) in [4.78, 5) is 0. The molecule has 0 unspecified atom stereocenters. The minimum absolute atomic E-state index is 0.371. The van der Waals surface area contributed by atoms with Crippen LogP contribution in [0.3, 0.4) is 0 Å². The molecule has 0 spiro atoms. The van der Waals surface area contributed by atoms with Crippen molar-refractivity contribution in [2.24, 2.45) is 0 Å². The van der Waals surface area contributed by atoms with Gasteiger partial charge in [0.05, 0.1) is 20.8 Å². The molecule has 0 aliphatic carbocycles. The summed E-state index contributed by atoms with van der Waals surface area (Å²) in [7, 11) is 5.01. The van der Waals surface area contributed by atoms with Crippen molar-refractivity contribution in [3.8, 4) is 11.5 Å². The van der Waals surface area contributed by atoms with Gasteiger partial charge in [-0.3, -0.25) is 0 Å². The third-order valence-corrected chi connectivity index (χ3v) is 2.77. The quantitative estimate of drug-likeness (QED) is 0.768. The summed E-state index contributed by atoms with van der Waals surface area (Å²) in [5.74, 6) is 1.54. The van der Waals surface area contributed by atoms with E-state index in [2.05, 4.69) is 18.3 Å². The molecule has 18 heavy (non-hydrogen) atoms. The monoisotopic (exact) mass is 253 g/mol. The summed E-state index contributed by atoms with van der Waals surface area (Å²) in [6, 6.07) is 6.38. The molecule has 4 heteroatoms. The third kappa shape index (κ3) is 4.55. The fraction of sp³-hybridized carbons (Fsp3) is 0.571. The van der Waals surface area contributed by atoms with E-state index in [0.29, 0.717) is 6.04 Å². The lowest BCUT2D eigenvalue weighted by molar-refractivity contribution is 0.172. The van der Waals surface area contributed by atoms with Gasteiger partial charge in [-0.1, -0.05) is 6.07 Å². The second-order valence-corrected chi connectivity index (χ2v) is 4.25. The van der Waals surface area contributed by atoms with E-state index in [1.165, 1.54) is 5.56 Å². The van der Waals surface area contributed by atoms with Crippen LogP contribution >= 0.6 is 0 Å². The second kappa shape index (κ2) is 7.95. The standard InChI is InChI=1S/C14H23NO3/c1-11(10-16-2)15-8-7-12-5-6-13(17-3)14(9-12)18-4/h5-6,9,11,15H,7-8,10H2,1-4H3/t11-/m0/s1. The van der Waals surface area contributed by atoms with Gasteiger partial charge in [-0.05, 0) is 37.6 Å². The van der Waals surface area contributed by atoms with Crippen LogP contribution in [0, 0.1) is 0 Å². The summed E-state index contributed by atoms with van der Waals surface area (Å²) in [6.45, 7) is 3.75. The Morgan fingerprint density at radius 2 is 1.83 bits per heavy atom. The molecule has 102 valence electrons. The molecular formula is C14H23NO3. The highest BCUT2D eigenvalue weighted by Crippen LogP contribution is 2.27. The van der Waals surface area contributed by atoms with E-state index in [9.17, 15) is 0 Å². The van der Waals surface area contributed by atoms with Crippen molar-refractivity contribution in [3.05, 3.63) is 23.8 Å². The molecule has 0 heterocycles.